The second-order valence-corrected chi connectivity index (χ2v) is 5.00. The predicted octanol–water partition coefficient (Wildman–Crippen LogP) is 2.54. The van der Waals surface area contributed by atoms with Crippen LogP contribution in [0, 0.1) is 0 Å². The molecule has 1 aliphatic rings. The van der Waals surface area contributed by atoms with Crippen molar-refractivity contribution in [3.63, 3.8) is 0 Å². The van der Waals surface area contributed by atoms with Gasteiger partial charge in [-0.2, -0.15) is 4.98 Å². The number of rotatable bonds is 4. The van der Waals surface area contributed by atoms with Crippen LogP contribution in [0.25, 0.3) is 0 Å². The lowest BCUT2D eigenvalue weighted by Crippen LogP contribution is -2.27. The van der Waals surface area contributed by atoms with Crippen LogP contribution in [0.15, 0.2) is 4.52 Å². The molecule has 1 heterocycles. The molecule has 1 aliphatic carbocycles. The van der Waals surface area contributed by atoms with Crippen molar-refractivity contribution in [2.45, 2.75) is 64.0 Å². The third-order valence-corrected chi connectivity index (χ3v) is 3.62. The van der Waals surface area contributed by atoms with E-state index in [1.54, 1.807) is 0 Å². The third-order valence-electron chi connectivity index (χ3n) is 3.62. The number of hydrogen-bond donors (Lipinski definition) is 1. The molecule has 0 amide bonds. The summed E-state index contributed by atoms with van der Waals surface area (Å²) in [6.07, 6.45) is 5.62. The Morgan fingerprint density at radius 2 is 2.17 bits per heavy atom. The maximum atomic E-state index is 6.20. The first-order valence-corrected chi connectivity index (χ1v) is 6.93. The molecule has 102 valence electrons. The van der Waals surface area contributed by atoms with Crippen molar-refractivity contribution in [3.8, 4) is 0 Å². The molecule has 0 saturated heterocycles. The van der Waals surface area contributed by atoms with Crippen LogP contribution in [0.5, 0.6) is 0 Å². The van der Waals surface area contributed by atoms with Gasteiger partial charge in [0.15, 0.2) is 5.82 Å². The SMILES string of the molecule is CCOC(C)c1noc(C2CCCCCC2N)n1. The van der Waals surface area contributed by atoms with Crippen molar-refractivity contribution in [2.75, 3.05) is 6.61 Å². The van der Waals surface area contributed by atoms with E-state index in [0.29, 0.717) is 18.3 Å². The van der Waals surface area contributed by atoms with Gasteiger partial charge in [0, 0.05) is 12.6 Å². The molecule has 0 radical (unpaired) electrons. The zero-order valence-corrected chi connectivity index (χ0v) is 11.3. The Labute approximate surface area is 108 Å². The standard InChI is InChI=1S/C13H23N3O2/c1-3-17-9(2)12-15-13(18-16-12)10-7-5-4-6-8-11(10)14/h9-11H,3-8,14H2,1-2H3. The fourth-order valence-corrected chi connectivity index (χ4v) is 2.53. The van der Waals surface area contributed by atoms with E-state index in [0.717, 1.165) is 12.8 Å². The van der Waals surface area contributed by atoms with Gasteiger partial charge >= 0.3 is 0 Å². The molecule has 0 bridgehead atoms. The van der Waals surface area contributed by atoms with E-state index in [4.69, 9.17) is 15.0 Å². The lowest BCUT2D eigenvalue weighted by atomic mass is 9.95. The number of ether oxygens (including phenoxy) is 1. The van der Waals surface area contributed by atoms with Gasteiger partial charge in [-0.15, -0.1) is 0 Å². The Kier molecular flexibility index (Phi) is 4.72. The highest BCUT2D eigenvalue weighted by atomic mass is 16.5. The first kappa shape index (κ1) is 13.5. The van der Waals surface area contributed by atoms with Gasteiger partial charge in [0.05, 0.1) is 5.92 Å². The lowest BCUT2D eigenvalue weighted by molar-refractivity contribution is 0.0683. The van der Waals surface area contributed by atoms with Crippen molar-refractivity contribution >= 4 is 0 Å². The molecule has 0 aliphatic heterocycles. The summed E-state index contributed by atoms with van der Waals surface area (Å²) in [6.45, 7) is 4.54. The van der Waals surface area contributed by atoms with E-state index >= 15 is 0 Å². The van der Waals surface area contributed by atoms with E-state index in [2.05, 4.69) is 10.1 Å². The Morgan fingerprint density at radius 1 is 1.39 bits per heavy atom. The molecular weight excluding hydrogens is 230 g/mol. The largest absolute Gasteiger partial charge is 0.371 e. The second kappa shape index (κ2) is 6.29. The van der Waals surface area contributed by atoms with Crippen LogP contribution < -0.4 is 5.73 Å². The van der Waals surface area contributed by atoms with Crippen molar-refractivity contribution in [3.05, 3.63) is 11.7 Å². The fraction of sp³-hybridized carbons (Fsp3) is 0.846. The molecule has 18 heavy (non-hydrogen) atoms. The summed E-state index contributed by atoms with van der Waals surface area (Å²) in [7, 11) is 0. The Balaban J connectivity index is 2.08. The van der Waals surface area contributed by atoms with E-state index in [1.807, 2.05) is 13.8 Å². The van der Waals surface area contributed by atoms with E-state index in [1.165, 1.54) is 19.3 Å². The maximum Gasteiger partial charge on any atom is 0.231 e. The second-order valence-electron chi connectivity index (χ2n) is 5.00. The quantitative estimate of drug-likeness (QED) is 0.835. The summed E-state index contributed by atoms with van der Waals surface area (Å²) in [5.41, 5.74) is 6.20. The lowest BCUT2D eigenvalue weighted by Gasteiger charge is -2.16. The summed E-state index contributed by atoms with van der Waals surface area (Å²) >= 11 is 0. The molecule has 1 aromatic heterocycles. The van der Waals surface area contributed by atoms with Crippen LogP contribution >= 0.6 is 0 Å². The molecule has 2 rings (SSSR count). The van der Waals surface area contributed by atoms with Gasteiger partial charge < -0.3 is 15.0 Å². The van der Waals surface area contributed by atoms with Gasteiger partial charge in [0.25, 0.3) is 0 Å². The molecule has 3 atom stereocenters. The normalized spacial score (nSPS) is 26.8. The van der Waals surface area contributed by atoms with E-state index < -0.39 is 0 Å². The fourth-order valence-electron chi connectivity index (χ4n) is 2.53. The van der Waals surface area contributed by atoms with Crippen LogP contribution in [0.4, 0.5) is 0 Å². The number of nitrogens with two attached hydrogens (primary N) is 1. The van der Waals surface area contributed by atoms with Crippen LogP contribution in [-0.4, -0.2) is 22.8 Å². The third kappa shape index (κ3) is 3.09. The summed E-state index contributed by atoms with van der Waals surface area (Å²) < 4.78 is 10.8. The highest BCUT2D eigenvalue weighted by Crippen LogP contribution is 2.30. The van der Waals surface area contributed by atoms with Gasteiger partial charge in [-0.1, -0.05) is 24.4 Å². The van der Waals surface area contributed by atoms with Gasteiger partial charge in [-0.05, 0) is 26.7 Å². The molecule has 5 nitrogen and oxygen atoms in total. The minimum absolute atomic E-state index is 0.116. The van der Waals surface area contributed by atoms with Crippen LogP contribution in [-0.2, 0) is 4.74 Å². The molecule has 2 N–H and O–H groups in total. The van der Waals surface area contributed by atoms with Gasteiger partial charge in [-0.3, -0.25) is 0 Å². The molecule has 1 saturated carbocycles. The first-order chi connectivity index (χ1) is 8.72. The van der Waals surface area contributed by atoms with E-state index in [-0.39, 0.29) is 18.1 Å². The zero-order chi connectivity index (χ0) is 13.0. The zero-order valence-electron chi connectivity index (χ0n) is 11.3. The molecule has 5 heteroatoms. The molecule has 0 aromatic carbocycles. The highest BCUT2D eigenvalue weighted by Gasteiger charge is 2.27. The predicted molar refractivity (Wildman–Crippen MR) is 68.1 cm³/mol. The Bertz CT molecular complexity index is 367. The summed E-state index contributed by atoms with van der Waals surface area (Å²) in [6, 6.07) is 0.142. The van der Waals surface area contributed by atoms with Gasteiger partial charge in [0.1, 0.15) is 6.10 Å². The minimum Gasteiger partial charge on any atom is -0.371 e. The van der Waals surface area contributed by atoms with Crippen molar-refractivity contribution in [1.29, 1.82) is 0 Å². The number of aromatic nitrogens is 2. The molecule has 3 unspecified atom stereocenters. The smallest absolute Gasteiger partial charge is 0.231 e. The van der Waals surface area contributed by atoms with Crippen LogP contribution in [0.2, 0.25) is 0 Å². The average Bonchev–Trinajstić information content (AvgIpc) is 2.74. The maximum absolute atomic E-state index is 6.20. The van der Waals surface area contributed by atoms with Gasteiger partial charge in [0.2, 0.25) is 5.89 Å². The minimum atomic E-state index is -0.116. The topological polar surface area (TPSA) is 74.2 Å². The Hall–Kier alpha value is -0.940. The number of hydrogen-bond acceptors (Lipinski definition) is 5. The van der Waals surface area contributed by atoms with E-state index in [9.17, 15) is 0 Å². The monoisotopic (exact) mass is 253 g/mol. The highest BCUT2D eigenvalue weighted by molar-refractivity contribution is 5.00. The summed E-state index contributed by atoms with van der Waals surface area (Å²) in [5.74, 6) is 1.52. The van der Waals surface area contributed by atoms with Crippen molar-refractivity contribution < 1.29 is 9.26 Å². The van der Waals surface area contributed by atoms with Crippen LogP contribution in [0.1, 0.15) is 69.7 Å². The molecule has 0 spiro atoms. The summed E-state index contributed by atoms with van der Waals surface area (Å²) in [5, 5.41) is 4.01. The molecule has 1 aromatic rings. The van der Waals surface area contributed by atoms with Crippen LogP contribution in [0.3, 0.4) is 0 Å². The Morgan fingerprint density at radius 3 is 2.94 bits per heavy atom. The van der Waals surface area contributed by atoms with Crippen molar-refractivity contribution in [1.82, 2.24) is 10.1 Å². The number of nitrogens with zero attached hydrogens (tertiary/aromatic N) is 2. The first-order valence-electron chi connectivity index (χ1n) is 6.93. The average molecular weight is 253 g/mol. The molecule has 1 fully saturated rings. The van der Waals surface area contributed by atoms with Crippen molar-refractivity contribution in [2.24, 2.45) is 5.73 Å². The summed E-state index contributed by atoms with van der Waals surface area (Å²) in [4.78, 5) is 4.46. The molecular formula is C13H23N3O2. The van der Waals surface area contributed by atoms with Gasteiger partial charge in [-0.25, -0.2) is 0 Å².